The maximum Gasteiger partial charge on any atom is 3.00 e. The predicted molar refractivity (Wildman–Crippen MR) is 58.9 cm³/mol. The first kappa shape index (κ1) is 32.0. The molecule has 22 heavy (non-hydrogen) atoms. The molecule has 0 heterocycles. The van der Waals surface area contributed by atoms with Gasteiger partial charge in [0.1, 0.15) is 6.04 Å². The molecule has 1 unspecified atom stereocenters. The number of hydrogen-bond acceptors (Lipinski definition) is 12. The molecule has 0 amide bonds. The molecule has 0 aliphatic carbocycles. The van der Waals surface area contributed by atoms with Gasteiger partial charge in [-0.05, 0) is 0 Å². The smallest absolute Gasteiger partial charge is 0.481 e. The molecule has 18 heteroatoms. The Kier molecular flexibility index (Phi) is 30.8. The van der Waals surface area contributed by atoms with Crippen molar-refractivity contribution >= 4 is 11.9 Å². The van der Waals surface area contributed by atoms with E-state index in [2.05, 4.69) is 0 Å². The van der Waals surface area contributed by atoms with Crippen LogP contribution in [0.4, 0.5) is 0 Å². The Hall–Kier alpha value is -2.12. The van der Waals surface area contributed by atoms with Gasteiger partial charge in [0, 0.05) is 0 Å². The molecule has 0 rings (SSSR count). The van der Waals surface area contributed by atoms with Crippen LogP contribution in [0.2, 0.25) is 0 Å². The van der Waals surface area contributed by atoms with E-state index in [1.54, 1.807) is 0 Å². The van der Waals surface area contributed by atoms with Gasteiger partial charge in [0.05, 0.1) is 21.7 Å². The Morgan fingerprint density at radius 3 is 1.09 bits per heavy atom. The third kappa shape index (κ3) is 147. The van der Waals surface area contributed by atoms with Crippen LogP contribution in [0.15, 0.2) is 0 Å². The molecule has 0 aliphatic rings. The van der Waals surface area contributed by atoms with Gasteiger partial charge in [0.15, 0.2) is 0 Å². The van der Waals surface area contributed by atoms with Gasteiger partial charge in [-0.2, -0.15) is 0 Å². The number of nitrogens with two attached hydrogens (primary N) is 1. The molecule has 1 atom stereocenters. The van der Waals surface area contributed by atoms with Crippen molar-refractivity contribution in [2.45, 2.75) is 12.5 Å². The zero-order valence-electron chi connectivity index (χ0n) is 10.1. The third-order valence-corrected chi connectivity index (χ3v) is 0.712. The summed E-state index contributed by atoms with van der Waals surface area (Å²) in [5, 5.41) is 60.3. The second kappa shape index (κ2) is 21.2. The van der Waals surface area contributed by atoms with Gasteiger partial charge in [-0.25, -0.2) is 0 Å². The van der Waals surface area contributed by atoms with Crippen molar-refractivity contribution < 1.29 is 76.8 Å². The molecule has 0 saturated heterocycles. The van der Waals surface area contributed by atoms with E-state index < -0.39 is 39.7 Å². The van der Waals surface area contributed by atoms with Crippen molar-refractivity contribution in [3.63, 3.8) is 0 Å². The van der Waals surface area contributed by atoms with Crippen LogP contribution in [0, 0.1) is 87.7 Å². The fourth-order valence-corrected chi connectivity index (χ4v) is 0.275. The van der Waals surface area contributed by atoms with Crippen LogP contribution in [-0.4, -0.2) is 43.5 Å². The van der Waals surface area contributed by atoms with Crippen LogP contribution in [0.3, 0.4) is 0 Å². The van der Waals surface area contributed by atoms with Crippen molar-refractivity contribution in [1.29, 1.82) is 0 Å². The number of aliphatic carboxylic acids is 2. The molecule has 17 nitrogen and oxygen atoms in total. The van der Waals surface area contributed by atoms with E-state index in [0.717, 1.165) is 0 Å². The first-order valence-corrected chi connectivity index (χ1v) is 3.88. The maximum atomic E-state index is 9.85. The van der Waals surface area contributed by atoms with Gasteiger partial charge >= 0.3 is 53.7 Å². The first-order valence-electron chi connectivity index (χ1n) is 3.88. The number of carbonyl (C=O) groups is 2. The van der Waals surface area contributed by atoms with E-state index >= 15 is 0 Å². The summed E-state index contributed by atoms with van der Waals surface area (Å²) in [4.78, 5) is 44.4. The molecule has 0 aromatic heterocycles. The van der Waals surface area contributed by atoms with Crippen molar-refractivity contribution in [2.75, 3.05) is 0 Å². The van der Waals surface area contributed by atoms with E-state index in [9.17, 15) is 9.59 Å². The summed E-state index contributed by atoms with van der Waals surface area (Å²) in [7, 11) is 0. The Morgan fingerprint density at radius 1 is 0.864 bits per heavy atom. The van der Waals surface area contributed by atoms with E-state index in [4.69, 9.17) is 61.9 Å². The van der Waals surface area contributed by atoms with Crippen LogP contribution in [0.25, 0.3) is 0 Å². The number of hydrogen-bond donors (Lipinski definition) is 3. The van der Waals surface area contributed by atoms with Crippen molar-refractivity contribution in [3.05, 3.63) is 46.0 Å². The van der Waals surface area contributed by atoms with Crippen LogP contribution in [-0.2, 0) is 9.59 Å². The Morgan fingerprint density at radius 2 is 1.05 bits per heavy atom. The minimum atomic E-state index is -1.75. The van der Waals surface area contributed by atoms with Crippen LogP contribution in [0.5, 0.6) is 0 Å². The first-order chi connectivity index (χ1) is 9.23. The van der Waals surface area contributed by atoms with Gasteiger partial charge in [-0.15, -0.1) is 0 Å². The zero-order valence-corrected chi connectivity index (χ0v) is 13.2. The second-order valence-electron chi connectivity index (χ2n) is 2.21. The Balaban J connectivity index is -0.0000000632. The van der Waals surface area contributed by atoms with E-state index in [1.807, 2.05) is 0 Å². The number of carboxylic acid groups (broad SMARTS) is 2. The van der Waals surface area contributed by atoms with Gasteiger partial charge in [-0.1, -0.05) is 0 Å². The minimum absolute atomic E-state index is 0. The Labute approximate surface area is 152 Å². The summed E-state index contributed by atoms with van der Waals surface area (Å²) >= 11 is 0. The summed E-state index contributed by atoms with van der Waals surface area (Å²) in [6, 6.07) is -1.29. The summed E-state index contributed by atoms with van der Waals surface area (Å²) < 4.78 is 0. The quantitative estimate of drug-likeness (QED) is 0.308. The fourth-order valence-electron chi connectivity index (χ4n) is 0.275. The summed E-state index contributed by atoms with van der Waals surface area (Å²) in [5.74, 6) is -2.50. The van der Waals surface area contributed by atoms with Crippen LogP contribution >= 0.6 is 0 Å². The predicted octanol–water partition coefficient (Wildman–Crippen LogP) is -1.84. The standard InChI is InChI=1S/C4H7NO4.Ce.3NO3/c5-2(4(8)9)1-3(6)7;;3*2-1(3)4/h2H,1,5H2,(H,6,7)(H,8,9);;;;/q;+3;3*-1. The van der Waals surface area contributed by atoms with Gasteiger partial charge in [-0.3, -0.25) is 9.59 Å². The summed E-state index contributed by atoms with van der Waals surface area (Å²) in [6.45, 7) is 0. The monoisotopic (exact) mass is 459 g/mol. The molecule has 0 saturated carbocycles. The van der Waals surface area contributed by atoms with E-state index in [-0.39, 0.29) is 41.7 Å². The molecule has 125 valence electrons. The normalized spacial score (nSPS) is 8.41. The topological polar surface area (TPSA) is 299 Å². The number of nitrogens with zero attached hydrogens (tertiary/aromatic N) is 3. The minimum Gasteiger partial charge on any atom is -0.481 e. The van der Waals surface area contributed by atoms with E-state index in [1.165, 1.54) is 0 Å². The SMILES string of the molecule is NC(CC(=O)O)C(=O)O.O=[N+]([O-])[O-].O=[N+]([O-])[O-].O=[N+]([O-])[O-].[Ce+3]. The van der Waals surface area contributed by atoms with Gasteiger partial charge in [0.25, 0.3) is 0 Å². The molecule has 0 bridgehead atoms. The Bertz CT molecular complexity index is 319. The van der Waals surface area contributed by atoms with Crippen LogP contribution < -0.4 is 5.73 Å². The van der Waals surface area contributed by atoms with Gasteiger partial charge in [0.2, 0.25) is 0 Å². The number of carboxylic acids is 2. The summed E-state index contributed by atoms with van der Waals surface area (Å²) in [5.41, 5.74) is 4.84. The number of rotatable bonds is 3. The molecular weight excluding hydrogens is 452 g/mol. The van der Waals surface area contributed by atoms with Crippen molar-refractivity contribution in [1.82, 2.24) is 0 Å². The summed E-state index contributed by atoms with van der Waals surface area (Å²) in [6.07, 6.45) is -0.532. The zero-order chi connectivity index (χ0) is 18.2. The fraction of sp³-hybridized carbons (Fsp3) is 0.500. The molecule has 0 aromatic carbocycles. The van der Waals surface area contributed by atoms with Crippen LogP contribution in [0.1, 0.15) is 6.42 Å². The maximum absolute atomic E-state index is 9.85. The molecule has 1 radical (unpaired) electrons. The van der Waals surface area contributed by atoms with Crippen molar-refractivity contribution in [3.8, 4) is 0 Å². The molecule has 0 aromatic rings. The molecule has 0 aliphatic heterocycles. The van der Waals surface area contributed by atoms with E-state index in [0.29, 0.717) is 0 Å². The molecular formula is C4H7CeN4O13. The molecule has 4 N–H and O–H groups in total. The van der Waals surface area contributed by atoms with Crippen molar-refractivity contribution in [2.24, 2.45) is 5.73 Å². The average molecular weight is 459 g/mol. The van der Waals surface area contributed by atoms with Gasteiger partial charge < -0.3 is 61.9 Å². The largest absolute Gasteiger partial charge is 3.00 e. The third-order valence-electron chi connectivity index (χ3n) is 0.712. The molecule has 0 spiro atoms. The second-order valence-corrected chi connectivity index (χ2v) is 2.21. The molecule has 0 fully saturated rings. The average Bonchev–Trinajstić information content (AvgIpc) is 2.12.